The third-order valence-corrected chi connectivity index (χ3v) is 6.34. The monoisotopic (exact) mass is 409 g/mol. The maximum absolute atomic E-state index is 12.6. The molecule has 1 amide bonds. The molecular formula is C21H27N7O2. The lowest BCUT2D eigenvalue weighted by atomic mass is 10.2. The molecule has 9 nitrogen and oxygen atoms in total. The number of likely N-dealkylation sites (tertiary alicyclic amines) is 1. The van der Waals surface area contributed by atoms with Gasteiger partial charge in [0.2, 0.25) is 11.7 Å². The molecule has 0 radical (unpaired) electrons. The molecule has 2 aliphatic rings. The molecule has 9 heteroatoms. The highest BCUT2D eigenvalue weighted by molar-refractivity contribution is 5.80. The highest BCUT2D eigenvalue weighted by atomic mass is 16.2. The zero-order chi connectivity index (χ0) is 20.7. The Kier molecular flexibility index (Phi) is 5.00. The van der Waals surface area contributed by atoms with Gasteiger partial charge in [0.1, 0.15) is 0 Å². The van der Waals surface area contributed by atoms with Crippen LogP contribution in [0.2, 0.25) is 0 Å². The molecule has 0 unspecified atom stereocenters. The number of benzene rings is 1. The van der Waals surface area contributed by atoms with Crippen LogP contribution in [-0.4, -0.2) is 85.6 Å². The molecule has 1 aromatic carbocycles. The zero-order valence-corrected chi connectivity index (χ0v) is 17.3. The van der Waals surface area contributed by atoms with Crippen LogP contribution in [0, 0.1) is 0 Å². The first kappa shape index (κ1) is 19.2. The van der Waals surface area contributed by atoms with Crippen molar-refractivity contribution in [3.8, 4) is 0 Å². The summed E-state index contributed by atoms with van der Waals surface area (Å²) in [4.78, 5) is 31.6. The molecule has 2 fully saturated rings. The van der Waals surface area contributed by atoms with Gasteiger partial charge in [-0.1, -0.05) is 12.1 Å². The second kappa shape index (κ2) is 7.81. The predicted molar refractivity (Wildman–Crippen MR) is 113 cm³/mol. The smallest absolute Gasteiger partial charge is 0.262 e. The SMILES string of the molecule is Cn1c(=O)c2ccccc2n2c(CN3CCN(CC(=O)N4CCCC4)CC3)nnc12. The van der Waals surface area contributed by atoms with Crippen molar-refractivity contribution in [3.63, 3.8) is 0 Å². The molecule has 0 aliphatic carbocycles. The molecule has 0 spiro atoms. The number of para-hydroxylation sites is 1. The van der Waals surface area contributed by atoms with Gasteiger partial charge < -0.3 is 4.90 Å². The third kappa shape index (κ3) is 3.37. The van der Waals surface area contributed by atoms with E-state index in [1.807, 2.05) is 33.6 Å². The number of hydrogen-bond donors (Lipinski definition) is 0. The molecule has 0 N–H and O–H groups in total. The van der Waals surface area contributed by atoms with E-state index in [1.54, 1.807) is 11.6 Å². The predicted octanol–water partition coefficient (Wildman–Crippen LogP) is 0.321. The molecule has 4 heterocycles. The van der Waals surface area contributed by atoms with Gasteiger partial charge >= 0.3 is 0 Å². The highest BCUT2D eigenvalue weighted by Gasteiger charge is 2.24. The average Bonchev–Trinajstić information content (AvgIpc) is 3.44. The van der Waals surface area contributed by atoms with Crippen molar-refractivity contribution in [1.82, 2.24) is 33.9 Å². The number of carbonyl (C=O) groups is 1. The third-order valence-electron chi connectivity index (χ3n) is 6.34. The number of aryl methyl sites for hydroxylation is 1. The maximum atomic E-state index is 12.6. The summed E-state index contributed by atoms with van der Waals surface area (Å²) in [5.74, 6) is 1.65. The van der Waals surface area contributed by atoms with Gasteiger partial charge in [-0.05, 0) is 25.0 Å². The van der Waals surface area contributed by atoms with E-state index in [-0.39, 0.29) is 11.5 Å². The van der Waals surface area contributed by atoms with Gasteiger partial charge in [0.25, 0.3) is 5.56 Å². The molecular weight excluding hydrogens is 382 g/mol. The lowest BCUT2D eigenvalue weighted by Gasteiger charge is -2.34. The topological polar surface area (TPSA) is 79.0 Å². The summed E-state index contributed by atoms with van der Waals surface area (Å²) >= 11 is 0. The number of rotatable bonds is 4. The standard InChI is InChI=1S/C21H27N7O2/c1-24-20(30)16-6-2-3-7-17(16)28-18(22-23-21(24)28)14-25-10-12-26(13-11-25)15-19(29)27-8-4-5-9-27/h2-3,6-7H,4-5,8-15H2,1H3. The Morgan fingerprint density at radius 2 is 1.67 bits per heavy atom. The van der Waals surface area contributed by atoms with Crippen molar-refractivity contribution < 1.29 is 4.79 Å². The number of fused-ring (bicyclic) bond motifs is 3. The van der Waals surface area contributed by atoms with Gasteiger partial charge in [0.05, 0.1) is 24.0 Å². The van der Waals surface area contributed by atoms with E-state index < -0.39 is 0 Å². The summed E-state index contributed by atoms with van der Waals surface area (Å²) in [6.45, 7) is 6.51. The molecule has 0 saturated carbocycles. The van der Waals surface area contributed by atoms with Crippen LogP contribution in [0.25, 0.3) is 16.7 Å². The van der Waals surface area contributed by atoms with E-state index in [2.05, 4.69) is 20.0 Å². The minimum atomic E-state index is -0.0617. The fourth-order valence-corrected chi connectivity index (χ4v) is 4.56. The van der Waals surface area contributed by atoms with Crippen LogP contribution in [0.5, 0.6) is 0 Å². The van der Waals surface area contributed by atoms with Gasteiger partial charge in [-0.2, -0.15) is 0 Å². The highest BCUT2D eigenvalue weighted by Crippen LogP contribution is 2.16. The van der Waals surface area contributed by atoms with Crippen LogP contribution in [0.15, 0.2) is 29.1 Å². The Bertz CT molecular complexity index is 1140. The molecule has 0 bridgehead atoms. The Morgan fingerprint density at radius 3 is 2.43 bits per heavy atom. The quantitative estimate of drug-likeness (QED) is 0.618. The normalized spacial score (nSPS) is 18.6. The summed E-state index contributed by atoms with van der Waals surface area (Å²) in [5, 5.41) is 9.35. The second-order valence-corrected chi connectivity index (χ2v) is 8.27. The molecule has 0 atom stereocenters. The molecule has 2 aliphatic heterocycles. The summed E-state index contributed by atoms with van der Waals surface area (Å²) in [6.07, 6.45) is 2.26. The Morgan fingerprint density at radius 1 is 0.967 bits per heavy atom. The lowest BCUT2D eigenvalue weighted by Crippen LogP contribution is -2.49. The van der Waals surface area contributed by atoms with Gasteiger partial charge in [-0.15, -0.1) is 10.2 Å². The van der Waals surface area contributed by atoms with Crippen molar-refractivity contribution in [2.75, 3.05) is 45.8 Å². The number of hydrogen-bond acceptors (Lipinski definition) is 6. The first-order chi connectivity index (χ1) is 14.6. The summed E-state index contributed by atoms with van der Waals surface area (Å²) < 4.78 is 3.54. The molecule has 30 heavy (non-hydrogen) atoms. The number of nitrogens with zero attached hydrogens (tertiary/aromatic N) is 7. The summed E-state index contributed by atoms with van der Waals surface area (Å²) in [7, 11) is 1.73. The van der Waals surface area contributed by atoms with Crippen LogP contribution >= 0.6 is 0 Å². The first-order valence-corrected chi connectivity index (χ1v) is 10.7. The van der Waals surface area contributed by atoms with Gasteiger partial charge in [0, 0.05) is 46.3 Å². The van der Waals surface area contributed by atoms with Crippen molar-refractivity contribution in [2.24, 2.45) is 7.05 Å². The molecule has 5 rings (SSSR count). The average molecular weight is 409 g/mol. The molecule has 2 saturated heterocycles. The lowest BCUT2D eigenvalue weighted by molar-refractivity contribution is -0.131. The Balaban J connectivity index is 1.30. The summed E-state index contributed by atoms with van der Waals surface area (Å²) in [5.41, 5.74) is 0.777. The maximum Gasteiger partial charge on any atom is 0.262 e. The Hall–Kier alpha value is -2.78. The van der Waals surface area contributed by atoms with Crippen molar-refractivity contribution in [3.05, 3.63) is 40.4 Å². The number of piperazine rings is 1. The summed E-state index contributed by atoms with van der Waals surface area (Å²) in [6, 6.07) is 7.60. The van der Waals surface area contributed by atoms with Crippen LogP contribution in [-0.2, 0) is 18.4 Å². The number of amides is 1. The molecule has 158 valence electrons. The molecule has 3 aromatic rings. The van der Waals surface area contributed by atoms with Crippen molar-refractivity contribution in [2.45, 2.75) is 19.4 Å². The van der Waals surface area contributed by atoms with Crippen LogP contribution in [0.1, 0.15) is 18.7 Å². The minimum Gasteiger partial charge on any atom is -0.342 e. The van der Waals surface area contributed by atoms with Gasteiger partial charge in [0.15, 0.2) is 5.82 Å². The van der Waals surface area contributed by atoms with Crippen LogP contribution < -0.4 is 5.56 Å². The fraction of sp³-hybridized carbons (Fsp3) is 0.524. The van der Waals surface area contributed by atoms with Gasteiger partial charge in [-0.25, -0.2) is 0 Å². The van der Waals surface area contributed by atoms with E-state index in [0.29, 0.717) is 24.3 Å². The minimum absolute atomic E-state index is 0.0617. The van der Waals surface area contributed by atoms with Crippen molar-refractivity contribution >= 4 is 22.6 Å². The first-order valence-electron chi connectivity index (χ1n) is 10.7. The number of aromatic nitrogens is 4. The van der Waals surface area contributed by atoms with E-state index in [1.165, 1.54) is 0 Å². The van der Waals surface area contributed by atoms with E-state index >= 15 is 0 Å². The van der Waals surface area contributed by atoms with Crippen molar-refractivity contribution in [1.29, 1.82) is 0 Å². The largest absolute Gasteiger partial charge is 0.342 e. The van der Waals surface area contributed by atoms with E-state index in [0.717, 1.165) is 63.5 Å². The second-order valence-electron chi connectivity index (χ2n) is 8.27. The molecule has 2 aromatic heterocycles. The van der Waals surface area contributed by atoms with Crippen LogP contribution in [0.4, 0.5) is 0 Å². The number of carbonyl (C=O) groups excluding carboxylic acids is 1. The fourth-order valence-electron chi connectivity index (χ4n) is 4.56. The van der Waals surface area contributed by atoms with E-state index in [4.69, 9.17) is 0 Å². The van der Waals surface area contributed by atoms with Crippen LogP contribution in [0.3, 0.4) is 0 Å². The van der Waals surface area contributed by atoms with Gasteiger partial charge in [-0.3, -0.25) is 28.4 Å². The van der Waals surface area contributed by atoms with E-state index in [9.17, 15) is 9.59 Å². The zero-order valence-electron chi connectivity index (χ0n) is 17.3. The Labute approximate surface area is 174 Å².